The van der Waals surface area contributed by atoms with Crippen LogP contribution in [0.1, 0.15) is 15.9 Å². The molecule has 75 valence electrons. The van der Waals surface area contributed by atoms with Crippen molar-refractivity contribution in [3.63, 3.8) is 0 Å². The first kappa shape index (κ1) is 10.5. The van der Waals surface area contributed by atoms with E-state index in [2.05, 4.69) is 0 Å². The van der Waals surface area contributed by atoms with Gasteiger partial charge in [0.15, 0.2) is 0 Å². The Kier molecular flexibility index (Phi) is 2.46. The predicted molar refractivity (Wildman–Crippen MR) is 36.4 cm³/mol. The normalized spacial score (nSPS) is 11.4. The van der Waals surface area contributed by atoms with E-state index in [1.54, 1.807) is 0 Å². The maximum Gasteiger partial charge on any atom is 0.420 e. The molecule has 0 heterocycles. The summed E-state index contributed by atoms with van der Waals surface area (Å²) in [7, 11) is 0. The van der Waals surface area contributed by atoms with Crippen molar-refractivity contribution in [1.29, 1.82) is 0 Å². The summed E-state index contributed by atoms with van der Waals surface area (Å²) in [5.41, 5.74) is -3.00. The molecule has 0 amide bonds. The monoisotopic (exact) mass is 207 g/mol. The van der Waals surface area contributed by atoms with Gasteiger partial charge in [0.1, 0.15) is 11.4 Å². The number of hydrogen-bond donors (Lipinski definition) is 0. The number of carbonyl (C=O) groups is 1. The van der Waals surface area contributed by atoms with Gasteiger partial charge in [-0.3, -0.25) is 0 Å². The summed E-state index contributed by atoms with van der Waals surface area (Å²) >= 11 is 0. The molecule has 0 aromatic heterocycles. The molecule has 0 spiro atoms. The van der Waals surface area contributed by atoms with Crippen molar-refractivity contribution in [1.82, 2.24) is 0 Å². The number of halogens is 4. The van der Waals surface area contributed by atoms with E-state index in [4.69, 9.17) is 0 Å². The highest BCUT2D eigenvalue weighted by atomic mass is 19.4. The Hall–Kier alpha value is -1.59. The van der Waals surface area contributed by atoms with Gasteiger partial charge >= 0.3 is 12.1 Å². The quantitative estimate of drug-likeness (QED) is 0.651. The zero-order valence-electron chi connectivity index (χ0n) is 6.56. The second-order valence-electron chi connectivity index (χ2n) is 2.45. The summed E-state index contributed by atoms with van der Waals surface area (Å²) in [6.07, 6.45) is -5.04. The van der Waals surface area contributed by atoms with Crippen LogP contribution in [0.25, 0.3) is 0 Å². The van der Waals surface area contributed by atoms with Crippen molar-refractivity contribution in [2.75, 3.05) is 0 Å². The first-order chi connectivity index (χ1) is 6.34. The van der Waals surface area contributed by atoms with Gasteiger partial charge < -0.3 is 0 Å². The Morgan fingerprint density at radius 2 is 1.79 bits per heavy atom. The molecular formula is C8H3F4O2. The van der Waals surface area contributed by atoms with Crippen LogP contribution >= 0.6 is 0 Å². The second-order valence-corrected chi connectivity index (χ2v) is 2.45. The molecule has 0 aliphatic heterocycles. The Morgan fingerprint density at radius 3 is 2.14 bits per heavy atom. The van der Waals surface area contributed by atoms with Gasteiger partial charge in [0.05, 0.1) is 5.56 Å². The molecule has 0 saturated heterocycles. The van der Waals surface area contributed by atoms with Crippen molar-refractivity contribution < 1.29 is 27.5 Å². The first-order valence-electron chi connectivity index (χ1n) is 3.41. The molecule has 1 rings (SSSR count). The maximum atomic E-state index is 12.7. The molecule has 1 aromatic carbocycles. The van der Waals surface area contributed by atoms with Crippen LogP contribution in [-0.2, 0) is 11.3 Å². The summed E-state index contributed by atoms with van der Waals surface area (Å²) in [5.74, 6) is -3.68. The van der Waals surface area contributed by atoms with Gasteiger partial charge in [0.25, 0.3) is 0 Å². The number of rotatable bonds is 1. The topological polar surface area (TPSA) is 37.0 Å². The lowest BCUT2D eigenvalue weighted by molar-refractivity contribution is -0.140. The zero-order valence-corrected chi connectivity index (χ0v) is 6.56. The number of carbonyl (C=O) groups excluding carboxylic acids is 1. The number of alkyl halides is 3. The molecular weight excluding hydrogens is 204 g/mol. The Labute approximate surface area is 75.8 Å². The Balaban J connectivity index is 3.45. The Morgan fingerprint density at radius 1 is 1.21 bits per heavy atom. The van der Waals surface area contributed by atoms with Crippen molar-refractivity contribution in [3.8, 4) is 0 Å². The Bertz CT molecular complexity index is 370. The van der Waals surface area contributed by atoms with Crippen LogP contribution in [0.15, 0.2) is 18.2 Å². The van der Waals surface area contributed by atoms with E-state index >= 15 is 0 Å². The molecule has 0 saturated carbocycles. The second kappa shape index (κ2) is 3.28. The molecule has 0 unspecified atom stereocenters. The third-order valence-electron chi connectivity index (χ3n) is 1.52. The highest BCUT2D eigenvalue weighted by molar-refractivity contribution is 5.89. The van der Waals surface area contributed by atoms with Gasteiger partial charge in [-0.2, -0.15) is 13.2 Å². The molecule has 2 nitrogen and oxygen atoms in total. The van der Waals surface area contributed by atoms with Gasteiger partial charge in [-0.25, -0.2) is 14.3 Å². The average molecular weight is 207 g/mol. The molecule has 0 aliphatic rings. The van der Waals surface area contributed by atoms with E-state index in [0.717, 1.165) is 6.07 Å². The average Bonchev–Trinajstić information content (AvgIpc) is 2.01. The van der Waals surface area contributed by atoms with Crippen LogP contribution in [0.3, 0.4) is 0 Å². The molecule has 0 atom stereocenters. The summed E-state index contributed by atoms with van der Waals surface area (Å²) in [4.78, 5) is 10.2. The fourth-order valence-corrected chi connectivity index (χ4v) is 0.982. The van der Waals surface area contributed by atoms with Crippen molar-refractivity contribution in [3.05, 3.63) is 35.1 Å². The summed E-state index contributed by atoms with van der Waals surface area (Å²) < 4.78 is 49.1. The molecule has 0 bridgehead atoms. The number of hydrogen-bond acceptors (Lipinski definition) is 1. The fraction of sp³-hybridized carbons (Fsp3) is 0.125. The summed E-state index contributed by atoms with van der Waals surface area (Å²) in [6.45, 7) is 0. The smallest absolute Gasteiger partial charge is 0.241 e. The fourth-order valence-electron chi connectivity index (χ4n) is 0.982. The van der Waals surface area contributed by atoms with Gasteiger partial charge in [-0.15, -0.1) is 0 Å². The summed E-state index contributed by atoms with van der Waals surface area (Å²) in [5, 5.41) is 10.2. The van der Waals surface area contributed by atoms with Crippen LogP contribution in [-0.4, -0.2) is 5.97 Å². The zero-order chi connectivity index (χ0) is 10.9. The van der Waals surface area contributed by atoms with Crippen molar-refractivity contribution >= 4 is 5.97 Å². The molecule has 14 heavy (non-hydrogen) atoms. The minimum absolute atomic E-state index is 0.537. The minimum atomic E-state index is -5.04. The van der Waals surface area contributed by atoms with Crippen LogP contribution in [0.4, 0.5) is 17.6 Å². The molecule has 0 fully saturated rings. The number of benzene rings is 1. The lowest BCUT2D eigenvalue weighted by atomic mass is 10.1. The van der Waals surface area contributed by atoms with E-state index in [1.165, 1.54) is 0 Å². The molecule has 1 radical (unpaired) electrons. The third kappa shape index (κ3) is 1.84. The first-order valence-corrected chi connectivity index (χ1v) is 3.41. The SMILES string of the molecule is [O]C(=O)c1cccc(F)c1C(F)(F)F. The highest BCUT2D eigenvalue weighted by Crippen LogP contribution is 2.33. The van der Waals surface area contributed by atoms with Gasteiger partial charge in [-0.1, -0.05) is 6.07 Å². The van der Waals surface area contributed by atoms with Crippen LogP contribution in [0.2, 0.25) is 0 Å². The van der Waals surface area contributed by atoms with E-state index in [9.17, 15) is 27.5 Å². The van der Waals surface area contributed by atoms with Crippen LogP contribution in [0.5, 0.6) is 0 Å². The molecule has 0 aliphatic carbocycles. The highest BCUT2D eigenvalue weighted by Gasteiger charge is 2.38. The van der Waals surface area contributed by atoms with Crippen LogP contribution in [0, 0.1) is 5.82 Å². The summed E-state index contributed by atoms with van der Waals surface area (Å²) in [6, 6.07) is 2.05. The van der Waals surface area contributed by atoms with E-state index in [-0.39, 0.29) is 0 Å². The van der Waals surface area contributed by atoms with Gasteiger partial charge in [0.2, 0.25) is 0 Å². The largest absolute Gasteiger partial charge is 0.420 e. The van der Waals surface area contributed by atoms with E-state index in [1.807, 2.05) is 0 Å². The van der Waals surface area contributed by atoms with Crippen LogP contribution < -0.4 is 0 Å². The van der Waals surface area contributed by atoms with Crippen molar-refractivity contribution in [2.45, 2.75) is 6.18 Å². The van der Waals surface area contributed by atoms with Crippen molar-refractivity contribution in [2.24, 2.45) is 0 Å². The predicted octanol–water partition coefficient (Wildman–Crippen LogP) is 2.42. The maximum absolute atomic E-state index is 12.7. The lowest BCUT2D eigenvalue weighted by Gasteiger charge is -2.09. The van der Waals surface area contributed by atoms with Gasteiger partial charge in [0, 0.05) is 0 Å². The minimum Gasteiger partial charge on any atom is -0.241 e. The van der Waals surface area contributed by atoms with Gasteiger partial charge in [-0.05, 0) is 12.1 Å². The molecule has 1 aromatic rings. The standard InChI is InChI=1S/C8H3F4O2/c9-5-3-1-2-4(7(13)14)6(5)8(10,11)12/h1-3H. The molecule has 6 heteroatoms. The lowest BCUT2D eigenvalue weighted by Crippen LogP contribution is -2.14. The van der Waals surface area contributed by atoms with E-state index < -0.39 is 29.1 Å². The molecule has 0 N–H and O–H groups in total. The third-order valence-corrected chi connectivity index (χ3v) is 1.52. The van der Waals surface area contributed by atoms with E-state index in [0.29, 0.717) is 12.1 Å².